The molecule has 1 rings (SSSR count). The lowest BCUT2D eigenvalue weighted by molar-refractivity contribution is 0.555. The number of nitrogens with one attached hydrogen (secondary N) is 1. The van der Waals surface area contributed by atoms with Crippen LogP contribution in [-0.4, -0.2) is 39.1 Å². The Kier molecular flexibility index (Phi) is 6.29. The standard InChI is InChI=1S/C10H13ClFNO5S3/c1-2-19(14)6-5-13-21(17,18)10-4-3-8(7-9(10)12)20(11,15)16/h3-4,7,13H,2,5-6H2,1H3. The van der Waals surface area contributed by atoms with Crippen molar-refractivity contribution in [3.8, 4) is 0 Å². The molecular weight excluding hydrogens is 365 g/mol. The van der Waals surface area contributed by atoms with Gasteiger partial charge in [-0.2, -0.15) is 0 Å². The van der Waals surface area contributed by atoms with Gasteiger partial charge in [0, 0.05) is 39.5 Å². The number of hydrogen-bond donors (Lipinski definition) is 1. The summed E-state index contributed by atoms with van der Waals surface area (Å²) in [5, 5.41) is 0. The monoisotopic (exact) mass is 377 g/mol. The van der Waals surface area contributed by atoms with E-state index in [0.29, 0.717) is 11.8 Å². The molecule has 0 radical (unpaired) electrons. The van der Waals surface area contributed by atoms with Crippen LogP contribution in [-0.2, 0) is 29.9 Å². The fraction of sp³-hybridized carbons (Fsp3) is 0.400. The molecule has 0 saturated carbocycles. The number of hydrogen-bond acceptors (Lipinski definition) is 5. The molecule has 0 saturated heterocycles. The normalized spacial score (nSPS) is 14.0. The average molecular weight is 378 g/mol. The zero-order valence-electron chi connectivity index (χ0n) is 10.9. The molecule has 6 nitrogen and oxygen atoms in total. The molecule has 1 unspecified atom stereocenters. The second-order valence-electron chi connectivity index (χ2n) is 3.86. The Bertz CT molecular complexity index is 748. The van der Waals surface area contributed by atoms with Crippen LogP contribution in [0.4, 0.5) is 4.39 Å². The second-order valence-corrected chi connectivity index (χ2v) is 10.0. The Morgan fingerprint density at radius 3 is 2.38 bits per heavy atom. The van der Waals surface area contributed by atoms with Crippen LogP contribution >= 0.6 is 10.7 Å². The molecule has 0 amide bonds. The van der Waals surface area contributed by atoms with E-state index in [-0.39, 0.29) is 12.3 Å². The first-order chi connectivity index (χ1) is 9.58. The van der Waals surface area contributed by atoms with Crippen LogP contribution in [0.5, 0.6) is 0 Å². The summed E-state index contributed by atoms with van der Waals surface area (Å²) in [4.78, 5) is -1.23. The topological polar surface area (TPSA) is 97.4 Å². The van der Waals surface area contributed by atoms with E-state index in [2.05, 4.69) is 4.72 Å². The third-order valence-electron chi connectivity index (χ3n) is 2.42. The predicted molar refractivity (Wildman–Crippen MR) is 78.2 cm³/mol. The molecule has 0 fully saturated rings. The van der Waals surface area contributed by atoms with Crippen LogP contribution < -0.4 is 4.72 Å². The second kappa shape index (κ2) is 7.14. The van der Waals surface area contributed by atoms with Gasteiger partial charge in [-0.05, 0) is 18.2 Å². The highest BCUT2D eigenvalue weighted by Gasteiger charge is 2.21. The largest absolute Gasteiger partial charge is 0.261 e. The Hall–Kier alpha value is -0.550. The summed E-state index contributed by atoms with van der Waals surface area (Å²) in [6, 6.07) is 2.23. The molecule has 120 valence electrons. The van der Waals surface area contributed by atoms with Gasteiger partial charge in [-0.15, -0.1) is 0 Å². The van der Waals surface area contributed by atoms with Crippen molar-refractivity contribution in [3.05, 3.63) is 24.0 Å². The van der Waals surface area contributed by atoms with Crippen molar-refractivity contribution >= 4 is 40.6 Å². The van der Waals surface area contributed by atoms with Gasteiger partial charge in [-0.3, -0.25) is 4.21 Å². The summed E-state index contributed by atoms with van der Waals surface area (Å²) >= 11 is 0. The molecule has 0 heterocycles. The van der Waals surface area contributed by atoms with Crippen molar-refractivity contribution in [3.63, 3.8) is 0 Å². The molecule has 0 aromatic heterocycles. The van der Waals surface area contributed by atoms with E-state index in [1.54, 1.807) is 6.92 Å². The van der Waals surface area contributed by atoms with Crippen LogP contribution in [0.2, 0.25) is 0 Å². The molecule has 1 aromatic carbocycles. The Labute approximate surface area is 129 Å². The Balaban J connectivity index is 2.97. The van der Waals surface area contributed by atoms with Crippen molar-refractivity contribution in [1.82, 2.24) is 4.72 Å². The van der Waals surface area contributed by atoms with Crippen molar-refractivity contribution < 1.29 is 25.4 Å². The van der Waals surface area contributed by atoms with Crippen molar-refractivity contribution in [2.45, 2.75) is 16.7 Å². The maximum absolute atomic E-state index is 13.7. The summed E-state index contributed by atoms with van der Waals surface area (Å²) in [6.07, 6.45) is 0. The van der Waals surface area contributed by atoms with Gasteiger partial charge in [0.25, 0.3) is 9.05 Å². The Morgan fingerprint density at radius 2 is 1.90 bits per heavy atom. The fourth-order valence-corrected chi connectivity index (χ4v) is 3.96. The van der Waals surface area contributed by atoms with E-state index in [9.17, 15) is 25.4 Å². The van der Waals surface area contributed by atoms with Crippen LogP contribution in [0.15, 0.2) is 28.0 Å². The van der Waals surface area contributed by atoms with Gasteiger partial charge in [-0.1, -0.05) is 6.92 Å². The molecule has 1 atom stereocenters. The lowest BCUT2D eigenvalue weighted by Gasteiger charge is -2.08. The number of rotatable bonds is 7. The maximum atomic E-state index is 13.7. The van der Waals surface area contributed by atoms with E-state index in [4.69, 9.17) is 10.7 Å². The SMILES string of the molecule is CCS(=O)CCNS(=O)(=O)c1ccc(S(=O)(=O)Cl)cc1F. The van der Waals surface area contributed by atoms with Crippen LogP contribution in [0, 0.1) is 5.82 Å². The molecular formula is C10H13ClFNO5S3. The minimum Gasteiger partial charge on any atom is -0.260 e. The van der Waals surface area contributed by atoms with E-state index in [0.717, 1.165) is 12.1 Å². The molecule has 0 aliphatic heterocycles. The molecule has 0 bridgehead atoms. The van der Waals surface area contributed by atoms with Gasteiger partial charge in [0.15, 0.2) is 0 Å². The quantitative estimate of drug-likeness (QED) is 0.709. The summed E-state index contributed by atoms with van der Waals surface area (Å²) in [5.41, 5.74) is 0. The third-order valence-corrected chi connectivity index (χ3v) is 6.57. The first kappa shape index (κ1) is 18.5. The first-order valence-electron chi connectivity index (χ1n) is 5.67. The van der Waals surface area contributed by atoms with E-state index >= 15 is 0 Å². The average Bonchev–Trinajstić information content (AvgIpc) is 2.36. The number of sulfonamides is 1. The van der Waals surface area contributed by atoms with Crippen LogP contribution in [0.3, 0.4) is 0 Å². The summed E-state index contributed by atoms with van der Waals surface area (Å²) in [7, 11) is -4.41. The molecule has 0 spiro atoms. The van der Waals surface area contributed by atoms with E-state index in [1.807, 2.05) is 0 Å². The van der Waals surface area contributed by atoms with Crippen LogP contribution in [0.25, 0.3) is 0 Å². The highest BCUT2D eigenvalue weighted by Crippen LogP contribution is 2.21. The van der Waals surface area contributed by atoms with Gasteiger partial charge >= 0.3 is 0 Å². The molecule has 1 aromatic rings. The molecule has 0 aliphatic rings. The minimum atomic E-state index is -4.15. The highest BCUT2D eigenvalue weighted by molar-refractivity contribution is 8.13. The van der Waals surface area contributed by atoms with Crippen molar-refractivity contribution in [1.29, 1.82) is 0 Å². The maximum Gasteiger partial charge on any atom is 0.261 e. The predicted octanol–water partition coefficient (Wildman–Crippen LogP) is 0.800. The summed E-state index contributed by atoms with van der Waals surface area (Å²) in [5.74, 6) is -0.745. The number of halogens is 2. The number of benzene rings is 1. The molecule has 0 aliphatic carbocycles. The minimum absolute atomic E-state index is 0.103. The van der Waals surface area contributed by atoms with Crippen molar-refractivity contribution in [2.24, 2.45) is 0 Å². The smallest absolute Gasteiger partial charge is 0.260 e. The first-order valence-corrected chi connectivity index (χ1v) is 10.9. The Morgan fingerprint density at radius 1 is 1.29 bits per heavy atom. The lowest BCUT2D eigenvalue weighted by Crippen LogP contribution is -2.29. The summed E-state index contributed by atoms with van der Waals surface area (Å²) < 4.78 is 72.8. The highest BCUT2D eigenvalue weighted by atomic mass is 35.7. The van der Waals surface area contributed by atoms with Crippen LogP contribution in [0.1, 0.15) is 6.92 Å². The van der Waals surface area contributed by atoms with Gasteiger partial charge in [-0.25, -0.2) is 25.9 Å². The van der Waals surface area contributed by atoms with Gasteiger partial charge in [0.05, 0.1) is 4.90 Å². The third kappa shape index (κ3) is 5.29. The summed E-state index contributed by atoms with van der Waals surface area (Å²) in [6.45, 7) is 1.58. The van der Waals surface area contributed by atoms with Gasteiger partial charge in [0.2, 0.25) is 10.0 Å². The molecule has 21 heavy (non-hydrogen) atoms. The fourth-order valence-electron chi connectivity index (χ4n) is 1.36. The lowest BCUT2D eigenvalue weighted by atomic mass is 10.3. The zero-order valence-corrected chi connectivity index (χ0v) is 14.1. The zero-order chi connectivity index (χ0) is 16.3. The molecule has 1 N–H and O–H groups in total. The van der Waals surface area contributed by atoms with Gasteiger partial charge in [0.1, 0.15) is 10.7 Å². The molecule has 11 heteroatoms. The van der Waals surface area contributed by atoms with Gasteiger partial charge < -0.3 is 0 Å². The van der Waals surface area contributed by atoms with E-state index in [1.165, 1.54) is 0 Å². The van der Waals surface area contributed by atoms with E-state index < -0.39 is 45.5 Å². The van der Waals surface area contributed by atoms with Crippen molar-refractivity contribution in [2.75, 3.05) is 18.1 Å².